The summed E-state index contributed by atoms with van der Waals surface area (Å²) in [5, 5.41) is 0. The molecule has 1 amide bonds. The molecule has 0 N–H and O–H groups in total. The van der Waals surface area contributed by atoms with Crippen molar-refractivity contribution in [1.82, 2.24) is 4.90 Å². The molecule has 0 aromatic heterocycles. The number of hydrogen-bond donors (Lipinski definition) is 0. The maximum atomic E-state index is 14.1. The topological polar surface area (TPSA) is 72.9 Å². The quantitative estimate of drug-likeness (QED) is 0.395. The molecule has 1 heterocycles. The number of likely N-dealkylation sites (tertiary alicyclic amines) is 1. The highest BCUT2D eigenvalue weighted by Gasteiger charge is 2.41. The van der Waals surface area contributed by atoms with Crippen LogP contribution in [0.3, 0.4) is 0 Å². The first-order valence-electron chi connectivity index (χ1n) is 9.08. The van der Waals surface area contributed by atoms with Gasteiger partial charge in [-0.15, -0.1) is 0 Å². The Balaban J connectivity index is 2.36. The van der Waals surface area contributed by atoms with Gasteiger partial charge in [0.2, 0.25) is 0 Å². The van der Waals surface area contributed by atoms with Gasteiger partial charge in [0.25, 0.3) is 0 Å². The number of halogens is 5. The summed E-state index contributed by atoms with van der Waals surface area (Å²) in [4.78, 5) is 37.1. The van der Waals surface area contributed by atoms with Crippen molar-refractivity contribution in [2.75, 3.05) is 20.3 Å². The lowest BCUT2D eigenvalue weighted by atomic mass is 9.83. The zero-order chi connectivity index (χ0) is 22.6. The van der Waals surface area contributed by atoms with E-state index in [-0.39, 0.29) is 31.6 Å². The van der Waals surface area contributed by atoms with Crippen LogP contribution in [0.5, 0.6) is 0 Å². The number of alkyl halides is 3. The van der Waals surface area contributed by atoms with Gasteiger partial charge in [-0.25, -0.2) is 13.6 Å². The molecular formula is C19H20F5NO5. The minimum absolute atomic E-state index is 0.0547. The zero-order valence-corrected chi connectivity index (χ0v) is 16.2. The van der Waals surface area contributed by atoms with E-state index in [1.165, 1.54) is 0 Å². The number of carbonyl (C=O) groups is 3. The Hall–Kier alpha value is -2.72. The van der Waals surface area contributed by atoms with E-state index in [0.29, 0.717) is 12.1 Å². The summed E-state index contributed by atoms with van der Waals surface area (Å²) >= 11 is 0. The van der Waals surface area contributed by atoms with Crippen LogP contribution in [0.25, 0.3) is 0 Å². The van der Waals surface area contributed by atoms with Crippen LogP contribution in [0, 0.1) is 17.6 Å². The number of amides is 1. The highest BCUT2D eigenvalue weighted by molar-refractivity contribution is 5.97. The predicted octanol–water partition coefficient (Wildman–Crippen LogP) is 4.03. The van der Waals surface area contributed by atoms with E-state index in [1.807, 2.05) is 0 Å². The second-order valence-corrected chi connectivity index (χ2v) is 6.71. The first-order chi connectivity index (χ1) is 14.0. The first-order valence-corrected chi connectivity index (χ1v) is 9.08. The minimum atomic E-state index is -5.24. The number of benzene rings is 1. The van der Waals surface area contributed by atoms with E-state index >= 15 is 0 Å². The average Bonchev–Trinajstić information content (AvgIpc) is 2.65. The minimum Gasteiger partial charge on any atom is -0.466 e. The molecule has 2 rings (SSSR count). The highest BCUT2D eigenvalue weighted by Crippen LogP contribution is 2.39. The van der Waals surface area contributed by atoms with Gasteiger partial charge >= 0.3 is 18.2 Å². The lowest BCUT2D eigenvalue weighted by Gasteiger charge is -2.38. The van der Waals surface area contributed by atoms with Crippen molar-refractivity contribution in [1.29, 1.82) is 0 Å². The fourth-order valence-corrected chi connectivity index (χ4v) is 3.46. The number of esters is 1. The number of rotatable bonds is 5. The van der Waals surface area contributed by atoms with Crippen molar-refractivity contribution in [3.63, 3.8) is 0 Å². The van der Waals surface area contributed by atoms with Crippen LogP contribution in [-0.2, 0) is 25.2 Å². The van der Waals surface area contributed by atoms with E-state index in [2.05, 4.69) is 4.74 Å². The second kappa shape index (κ2) is 9.40. The summed E-state index contributed by atoms with van der Waals surface area (Å²) in [6.45, 7) is 1.60. The summed E-state index contributed by atoms with van der Waals surface area (Å²) < 4.78 is 76.0. The van der Waals surface area contributed by atoms with Gasteiger partial charge in [-0.2, -0.15) is 13.2 Å². The number of carbonyl (C=O) groups excluding carboxylic acids is 3. The maximum Gasteiger partial charge on any atom is 0.422 e. The summed E-state index contributed by atoms with van der Waals surface area (Å²) in [6.07, 6.45) is -6.61. The molecule has 0 aliphatic carbocycles. The SMILES string of the molecule is CCOC(=O)CC(=O)[C@@H]1CCN(C(=O)OC)[C@@H](c2cc(F)c(C(F)(F)F)c(F)c2)C1. The van der Waals surface area contributed by atoms with Crippen LogP contribution < -0.4 is 0 Å². The van der Waals surface area contributed by atoms with Crippen LogP contribution in [0.2, 0.25) is 0 Å². The van der Waals surface area contributed by atoms with E-state index in [0.717, 1.165) is 12.0 Å². The van der Waals surface area contributed by atoms with Gasteiger partial charge in [-0.1, -0.05) is 0 Å². The molecule has 1 aliphatic heterocycles. The predicted molar refractivity (Wildman–Crippen MR) is 92.2 cm³/mol. The van der Waals surface area contributed by atoms with Gasteiger partial charge in [-0.3, -0.25) is 9.59 Å². The molecule has 2 atom stereocenters. The van der Waals surface area contributed by atoms with Gasteiger partial charge in [0.05, 0.1) is 19.8 Å². The Bertz CT molecular complexity index is 803. The third kappa shape index (κ3) is 5.25. The fourth-order valence-electron chi connectivity index (χ4n) is 3.46. The number of ketones is 1. The van der Waals surface area contributed by atoms with E-state index < -0.39 is 59.6 Å². The van der Waals surface area contributed by atoms with E-state index in [1.54, 1.807) is 6.92 Å². The molecule has 11 heteroatoms. The van der Waals surface area contributed by atoms with Crippen molar-refractivity contribution < 1.29 is 45.8 Å². The van der Waals surface area contributed by atoms with Gasteiger partial charge in [0.1, 0.15) is 29.4 Å². The summed E-state index contributed by atoms with van der Waals surface area (Å²) in [6, 6.07) is -0.135. The van der Waals surface area contributed by atoms with Crippen molar-refractivity contribution in [3.8, 4) is 0 Å². The standard InChI is InChI=1S/C19H20F5NO5/c1-3-30-16(27)9-15(26)10-4-5-25(18(28)29-2)14(8-10)11-6-12(20)17(13(21)7-11)19(22,23)24/h6-7,10,14H,3-5,8-9H2,1-2H3/t10-,14-/m1/s1. The largest absolute Gasteiger partial charge is 0.466 e. The molecule has 0 unspecified atom stereocenters. The van der Waals surface area contributed by atoms with E-state index in [9.17, 15) is 36.3 Å². The Morgan fingerprint density at radius 1 is 1.17 bits per heavy atom. The lowest BCUT2D eigenvalue weighted by molar-refractivity contribution is -0.147. The van der Waals surface area contributed by atoms with Gasteiger partial charge in [-0.05, 0) is 37.5 Å². The van der Waals surface area contributed by atoms with Crippen LogP contribution in [-0.4, -0.2) is 43.0 Å². The molecule has 0 bridgehead atoms. The summed E-state index contributed by atoms with van der Waals surface area (Å²) in [7, 11) is 1.07. The molecule has 0 radical (unpaired) electrons. The summed E-state index contributed by atoms with van der Waals surface area (Å²) in [5.41, 5.74) is -2.29. The summed E-state index contributed by atoms with van der Waals surface area (Å²) in [5.74, 6) is -5.64. The van der Waals surface area contributed by atoms with Gasteiger partial charge in [0, 0.05) is 12.5 Å². The Morgan fingerprint density at radius 2 is 1.77 bits per heavy atom. The Morgan fingerprint density at radius 3 is 2.27 bits per heavy atom. The molecule has 1 aromatic rings. The molecule has 6 nitrogen and oxygen atoms in total. The molecular weight excluding hydrogens is 417 g/mol. The third-order valence-electron chi connectivity index (χ3n) is 4.82. The molecule has 30 heavy (non-hydrogen) atoms. The average molecular weight is 437 g/mol. The Labute approximate surface area is 168 Å². The zero-order valence-electron chi connectivity index (χ0n) is 16.2. The molecule has 1 saturated heterocycles. The molecule has 0 spiro atoms. The third-order valence-corrected chi connectivity index (χ3v) is 4.82. The first kappa shape index (κ1) is 23.6. The number of ether oxygens (including phenoxy) is 2. The van der Waals surface area contributed by atoms with Crippen molar-refractivity contribution in [2.24, 2.45) is 5.92 Å². The van der Waals surface area contributed by atoms with Gasteiger partial charge < -0.3 is 14.4 Å². The maximum absolute atomic E-state index is 14.1. The number of Topliss-reactive ketones (excluding diaryl/α,β-unsaturated/α-hetero) is 1. The highest BCUT2D eigenvalue weighted by atomic mass is 19.4. The Kier molecular flexibility index (Phi) is 7.38. The normalized spacial score (nSPS) is 19.4. The van der Waals surface area contributed by atoms with Crippen LogP contribution in [0.1, 0.15) is 43.4 Å². The van der Waals surface area contributed by atoms with Crippen LogP contribution in [0.15, 0.2) is 12.1 Å². The van der Waals surface area contributed by atoms with Crippen molar-refractivity contribution in [2.45, 2.75) is 38.4 Å². The van der Waals surface area contributed by atoms with Gasteiger partial charge in [0.15, 0.2) is 0 Å². The monoisotopic (exact) mass is 437 g/mol. The van der Waals surface area contributed by atoms with Crippen molar-refractivity contribution >= 4 is 17.8 Å². The molecule has 166 valence electrons. The van der Waals surface area contributed by atoms with Crippen molar-refractivity contribution in [3.05, 3.63) is 34.9 Å². The number of methoxy groups -OCH3 is 1. The number of piperidine rings is 1. The molecule has 1 fully saturated rings. The molecule has 1 aromatic carbocycles. The van der Waals surface area contributed by atoms with E-state index in [4.69, 9.17) is 4.74 Å². The number of nitrogens with zero attached hydrogens (tertiary/aromatic N) is 1. The smallest absolute Gasteiger partial charge is 0.422 e. The van der Waals surface area contributed by atoms with Crippen LogP contribution in [0.4, 0.5) is 26.7 Å². The lowest BCUT2D eigenvalue weighted by Crippen LogP contribution is -2.43. The number of hydrogen-bond acceptors (Lipinski definition) is 5. The molecule has 1 aliphatic rings. The fraction of sp³-hybridized carbons (Fsp3) is 0.526. The molecule has 0 saturated carbocycles. The van der Waals surface area contributed by atoms with Crippen LogP contribution >= 0.6 is 0 Å². The second-order valence-electron chi connectivity index (χ2n) is 6.71.